The van der Waals surface area contributed by atoms with Gasteiger partial charge >= 0.3 is 0 Å². The summed E-state index contributed by atoms with van der Waals surface area (Å²) in [4.78, 5) is 5.67. The van der Waals surface area contributed by atoms with Gasteiger partial charge in [-0.3, -0.25) is 0 Å². The summed E-state index contributed by atoms with van der Waals surface area (Å²) in [6.45, 7) is 4.84. The molecule has 2 aromatic heterocycles. The lowest BCUT2D eigenvalue weighted by Gasteiger charge is -2.11. The summed E-state index contributed by atoms with van der Waals surface area (Å²) in [5, 5.41) is 5.60. The largest absolute Gasteiger partial charge is 0.381 e. The summed E-state index contributed by atoms with van der Waals surface area (Å²) >= 11 is 1.73. The van der Waals surface area contributed by atoms with Crippen LogP contribution < -0.4 is 5.32 Å². The minimum atomic E-state index is 0.694. The Morgan fingerprint density at radius 2 is 2.53 bits per heavy atom. The fourth-order valence-corrected chi connectivity index (χ4v) is 3.11. The molecule has 0 spiro atoms. The van der Waals surface area contributed by atoms with Crippen LogP contribution in [0.2, 0.25) is 0 Å². The van der Waals surface area contributed by atoms with Crippen molar-refractivity contribution in [3.05, 3.63) is 29.9 Å². The highest BCUT2D eigenvalue weighted by atomic mass is 32.1. The average molecular weight is 277 g/mol. The van der Waals surface area contributed by atoms with Crippen molar-refractivity contribution < 1.29 is 4.74 Å². The molecule has 3 rings (SSSR count). The number of nitrogens with zero attached hydrogens (tertiary/aromatic N) is 2. The molecule has 4 nitrogen and oxygen atoms in total. The van der Waals surface area contributed by atoms with Gasteiger partial charge in [-0.15, -0.1) is 11.3 Å². The molecule has 1 saturated heterocycles. The molecule has 1 aliphatic rings. The van der Waals surface area contributed by atoms with Crippen LogP contribution in [0.1, 0.15) is 6.42 Å². The van der Waals surface area contributed by atoms with Crippen LogP contribution >= 0.6 is 11.3 Å². The molecule has 1 atom stereocenters. The predicted molar refractivity (Wildman–Crippen MR) is 77.3 cm³/mol. The van der Waals surface area contributed by atoms with E-state index in [1.807, 2.05) is 6.20 Å². The van der Waals surface area contributed by atoms with Gasteiger partial charge in [0.1, 0.15) is 5.82 Å². The Balaban J connectivity index is 1.49. The minimum absolute atomic E-state index is 0.694. The van der Waals surface area contributed by atoms with Crippen molar-refractivity contribution in [1.29, 1.82) is 0 Å². The van der Waals surface area contributed by atoms with E-state index in [0.717, 1.165) is 38.7 Å². The first kappa shape index (κ1) is 12.8. The van der Waals surface area contributed by atoms with Crippen molar-refractivity contribution in [2.45, 2.75) is 13.0 Å². The van der Waals surface area contributed by atoms with Gasteiger partial charge in [0.2, 0.25) is 0 Å². The molecule has 5 heteroatoms. The van der Waals surface area contributed by atoms with Gasteiger partial charge in [-0.25, -0.2) is 4.98 Å². The van der Waals surface area contributed by atoms with Gasteiger partial charge in [0.15, 0.2) is 0 Å². The van der Waals surface area contributed by atoms with Gasteiger partial charge in [-0.1, -0.05) is 6.07 Å². The van der Waals surface area contributed by atoms with Gasteiger partial charge < -0.3 is 14.6 Å². The zero-order valence-corrected chi connectivity index (χ0v) is 11.7. The zero-order chi connectivity index (χ0) is 12.9. The van der Waals surface area contributed by atoms with E-state index in [1.54, 1.807) is 11.3 Å². The molecule has 0 aromatic carbocycles. The van der Waals surface area contributed by atoms with Crippen molar-refractivity contribution >= 4 is 11.3 Å². The normalized spacial score (nSPS) is 19.1. The number of imidazole rings is 1. The maximum absolute atomic E-state index is 5.37. The molecule has 1 N–H and O–H groups in total. The monoisotopic (exact) mass is 277 g/mol. The Labute approximate surface area is 117 Å². The van der Waals surface area contributed by atoms with Gasteiger partial charge in [-0.2, -0.15) is 0 Å². The summed E-state index contributed by atoms with van der Waals surface area (Å²) in [5.41, 5.74) is 0. The van der Waals surface area contributed by atoms with E-state index in [9.17, 15) is 0 Å². The molecule has 0 amide bonds. The predicted octanol–water partition coefficient (Wildman–Crippen LogP) is 2.24. The standard InChI is InChI=1S/C14H19N3OS/c1-2-13(19-9-1)14-16-5-7-17(14)6-4-15-10-12-3-8-18-11-12/h1-2,5,7,9,12,15H,3-4,6,8,10-11H2. The fourth-order valence-electron chi connectivity index (χ4n) is 2.37. The molecule has 3 heterocycles. The Hall–Kier alpha value is -1.17. The smallest absolute Gasteiger partial charge is 0.150 e. The van der Waals surface area contributed by atoms with Crippen LogP contribution in [0.3, 0.4) is 0 Å². The van der Waals surface area contributed by atoms with Crippen LogP contribution in [0.5, 0.6) is 0 Å². The first-order chi connectivity index (χ1) is 9.43. The lowest BCUT2D eigenvalue weighted by Crippen LogP contribution is -2.26. The van der Waals surface area contributed by atoms with E-state index in [2.05, 4.69) is 38.6 Å². The number of nitrogens with one attached hydrogen (secondary N) is 1. The third kappa shape index (κ3) is 3.23. The second-order valence-corrected chi connectivity index (χ2v) is 5.80. The fraction of sp³-hybridized carbons (Fsp3) is 0.500. The molecule has 1 unspecified atom stereocenters. The Morgan fingerprint density at radius 1 is 1.53 bits per heavy atom. The lowest BCUT2D eigenvalue weighted by atomic mass is 10.1. The van der Waals surface area contributed by atoms with E-state index in [-0.39, 0.29) is 0 Å². The quantitative estimate of drug-likeness (QED) is 0.823. The van der Waals surface area contributed by atoms with Crippen molar-refractivity contribution in [2.75, 3.05) is 26.3 Å². The molecule has 0 saturated carbocycles. The van der Waals surface area contributed by atoms with Gasteiger partial charge in [-0.05, 0) is 23.8 Å². The highest BCUT2D eigenvalue weighted by molar-refractivity contribution is 7.13. The van der Waals surface area contributed by atoms with Crippen LogP contribution in [0, 0.1) is 5.92 Å². The van der Waals surface area contributed by atoms with E-state index in [0.29, 0.717) is 5.92 Å². The van der Waals surface area contributed by atoms with Crippen molar-refractivity contribution in [3.63, 3.8) is 0 Å². The molecular formula is C14H19N3OS. The first-order valence-corrected chi connectivity index (χ1v) is 7.65. The average Bonchev–Trinajstić information content (AvgIpc) is 3.15. The Bertz CT molecular complexity index is 489. The van der Waals surface area contributed by atoms with Crippen molar-refractivity contribution in [3.8, 4) is 10.7 Å². The molecule has 0 aliphatic carbocycles. The summed E-state index contributed by atoms with van der Waals surface area (Å²) < 4.78 is 7.59. The second kappa shape index (κ2) is 6.32. The van der Waals surface area contributed by atoms with Crippen LogP contribution in [-0.2, 0) is 11.3 Å². The number of hydrogen-bond donors (Lipinski definition) is 1. The van der Waals surface area contributed by atoms with E-state index >= 15 is 0 Å². The van der Waals surface area contributed by atoms with Gasteiger partial charge in [0.05, 0.1) is 11.5 Å². The van der Waals surface area contributed by atoms with Gasteiger partial charge in [0, 0.05) is 38.6 Å². The van der Waals surface area contributed by atoms with Crippen LogP contribution in [-0.4, -0.2) is 35.9 Å². The molecule has 0 bridgehead atoms. The summed E-state index contributed by atoms with van der Waals surface area (Å²) in [6.07, 6.45) is 5.12. The SMILES string of the molecule is c1csc(-c2nccn2CCNCC2CCOC2)c1. The Morgan fingerprint density at radius 3 is 3.32 bits per heavy atom. The number of aromatic nitrogens is 2. The number of rotatable bonds is 6. The molecular weight excluding hydrogens is 258 g/mol. The molecule has 1 fully saturated rings. The van der Waals surface area contributed by atoms with E-state index < -0.39 is 0 Å². The zero-order valence-electron chi connectivity index (χ0n) is 10.9. The number of ether oxygens (including phenoxy) is 1. The summed E-state index contributed by atoms with van der Waals surface area (Å²) in [6, 6.07) is 4.18. The topological polar surface area (TPSA) is 39.1 Å². The number of hydrogen-bond acceptors (Lipinski definition) is 4. The first-order valence-electron chi connectivity index (χ1n) is 6.77. The van der Waals surface area contributed by atoms with Gasteiger partial charge in [0.25, 0.3) is 0 Å². The highest BCUT2D eigenvalue weighted by Crippen LogP contribution is 2.22. The van der Waals surface area contributed by atoms with Crippen molar-refractivity contribution in [1.82, 2.24) is 14.9 Å². The third-order valence-corrected chi connectivity index (χ3v) is 4.31. The Kier molecular flexibility index (Phi) is 4.27. The molecule has 19 heavy (non-hydrogen) atoms. The maximum atomic E-state index is 5.37. The summed E-state index contributed by atoms with van der Waals surface area (Å²) in [5.74, 6) is 1.76. The molecule has 2 aromatic rings. The highest BCUT2D eigenvalue weighted by Gasteiger charge is 2.14. The van der Waals surface area contributed by atoms with Crippen LogP contribution in [0.4, 0.5) is 0 Å². The number of thiophene rings is 1. The summed E-state index contributed by atoms with van der Waals surface area (Å²) in [7, 11) is 0. The second-order valence-electron chi connectivity index (χ2n) is 4.86. The van der Waals surface area contributed by atoms with Crippen LogP contribution in [0.15, 0.2) is 29.9 Å². The molecule has 102 valence electrons. The lowest BCUT2D eigenvalue weighted by molar-refractivity contribution is 0.185. The molecule has 0 radical (unpaired) electrons. The minimum Gasteiger partial charge on any atom is -0.381 e. The van der Waals surface area contributed by atoms with E-state index in [4.69, 9.17) is 4.74 Å². The van der Waals surface area contributed by atoms with E-state index in [1.165, 1.54) is 11.3 Å². The third-order valence-electron chi connectivity index (χ3n) is 3.44. The molecule has 1 aliphatic heterocycles. The van der Waals surface area contributed by atoms with Crippen LogP contribution in [0.25, 0.3) is 10.7 Å². The maximum Gasteiger partial charge on any atom is 0.150 e. The van der Waals surface area contributed by atoms with Crippen molar-refractivity contribution in [2.24, 2.45) is 5.92 Å².